The summed E-state index contributed by atoms with van der Waals surface area (Å²) in [5.74, 6) is 0.0381. The number of hydrogen-bond acceptors (Lipinski definition) is 3. The summed E-state index contributed by atoms with van der Waals surface area (Å²) >= 11 is 0. The minimum atomic E-state index is -1.57. The lowest BCUT2D eigenvalue weighted by molar-refractivity contribution is -0.142. The third-order valence-corrected chi connectivity index (χ3v) is 8.97. The van der Waals surface area contributed by atoms with Gasteiger partial charge in [-0.15, -0.1) is 0 Å². The second-order valence-corrected chi connectivity index (χ2v) is 11.6. The van der Waals surface area contributed by atoms with Gasteiger partial charge in [0.2, 0.25) is 0 Å². The Balaban J connectivity index is 1.76. The van der Waals surface area contributed by atoms with Crippen molar-refractivity contribution in [2.75, 3.05) is 4.90 Å². The molecule has 1 atom stereocenters. The number of para-hydroxylation sites is 3. The fraction of sp³-hybridized carbons (Fsp3) is 0.0444. The molecule has 0 heterocycles. The van der Waals surface area contributed by atoms with Crippen molar-refractivity contribution in [1.82, 2.24) is 0 Å². The standard InChI is InChI=1S/C45H35NO2/c47-43(48-42-34-20-7-21-35-42)45(39-28-14-4-15-29-39,46(40-30-16-5-17-31-40)41-32-18-6-19-33-41)44(36-22-8-1-9-23-36,37-24-10-2-11-25-37)38-26-12-3-13-27-38/h1-35H/t45-/m1/s1. The summed E-state index contributed by atoms with van der Waals surface area (Å²) in [6.07, 6.45) is 0. The van der Waals surface area contributed by atoms with Crippen molar-refractivity contribution in [3.63, 3.8) is 0 Å². The number of ether oxygens (including phenoxy) is 1. The smallest absolute Gasteiger partial charge is 0.344 e. The van der Waals surface area contributed by atoms with Crippen LogP contribution in [0.3, 0.4) is 0 Å². The number of esters is 1. The lowest BCUT2D eigenvalue weighted by Gasteiger charge is -2.56. The molecule has 0 fully saturated rings. The number of carbonyl (C=O) groups is 1. The fourth-order valence-corrected chi connectivity index (χ4v) is 7.11. The second kappa shape index (κ2) is 13.7. The summed E-state index contributed by atoms with van der Waals surface area (Å²) in [6, 6.07) is 70.8. The predicted molar refractivity (Wildman–Crippen MR) is 194 cm³/mol. The van der Waals surface area contributed by atoms with Crippen LogP contribution in [0.25, 0.3) is 0 Å². The van der Waals surface area contributed by atoms with Crippen molar-refractivity contribution in [2.24, 2.45) is 0 Å². The topological polar surface area (TPSA) is 29.5 Å². The molecule has 232 valence electrons. The van der Waals surface area contributed by atoms with Crippen molar-refractivity contribution >= 4 is 17.3 Å². The molecule has 0 unspecified atom stereocenters. The Morgan fingerprint density at radius 1 is 0.375 bits per heavy atom. The number of anilines is 2. The Morgan fingerprint density at radius 3 is 1.02 bits per heavy atom. The molecule has 0 saturated heterocycles. The minimum Gasteiger partial charge on any atom is -0.424 e. The van der Waals surface area contributed by atoms with Crippen LogP contribution in [0.4, 0.5) is 11.4 Å². The van der Waals surface area contributed by atoms with Gasteiger partial charge in [0.25, 0.3) is 0 Å². The average molecular weight is 622 g/mol. The summed E-state index contributed by atoms with van der Waals surface area (Å²) in [5.41, 5.74) is 2.52. The van der Waals surface area contributed by atoms with E-state index >= 15 is 4.79 Å². The largest absolute Gasteiger partial charge is 0.424 e. The molecule has 0 aliphatic carbocycles. The zero-order valence-corrected chi connectivity index (χ0v) is 26.5. The molecule has 0 aromatic heterocycles. The van der Waals surface area contributed by atoms with Gasteiger partial charge in [0.15, 0.2) is 5.54 Å². The third kappa shape index (κ3) is 5.26. The molecule has 0 bridgehead atoms. The predicted octanol–water partition coefficient (Wildman–Crippen LogP) is 10.4. The van der Waals surface area contributed by atoms with Crippen LogP contribution in [0.1, 0.15) is 22.3 Å². The zero-order valence-electron chi connectivity index (χ0n) is 26.5. The number of rotatable bonds is 10. The first kappa shape index (κ1) is 30.5. The van der Waals surface area contributed by atoms with Gasteiger partial charge in [-0.3, -0.25) is 0 Å². The van der Waals surface area contributed by atoms with Crippen LogP contribution in [0.2, 0.25) is 0 Å². The molecule has 0 amide bonds. The van der Waals surface area contributed by atoms with Crippen molar-refractivity contribution < 1.29 is 9.53 Å². The maximum Gasteiger partial charge on any atom is 0.344 e. The van der Waals surface area contributed by atoms with Gasteiger partial charge in [-0.2, -0.15) is 0 Å². The highest BCUT2D eigenvalue weighted by Crippen LogP contribution is 2.58. The van der Waals surface area contributed by atoms with E-state index in [0.717, 1.165) is 33.6 Å². The number of hydrogen-bond donors (Lipinski definition) is 0. The SMILES string of the molecule is O=C(Oc1ccccc1)[C@@](c1ccccc1)(N(c1ccccc1)c1ccccc1)C(c1ccccc1)(c1ccccc1)c1ccccc1. The Hall–Kier alpha value is -6.19. The first-order valence-corrected chi connectivity index (χ1v) is 16.2. The van der Waals surface area contributed by atoms with Gasteiger partial charge < -0.3 is 9.64 Å². The van der Waals surface area contributed by atoms with E-state index < -0.39 is 16.9 Å². The van der Waals surface area contributed by atoms with Gasteiger partial charge in [-0.25, -0.2) is 4.79 Å². The number of nitrogens with zero attached hydrogens (tertiary/aromatic N) is 1. The maximum atomic E-state index is 16.1. The van der Waals surface area contributed by atoms with Gasteiger partial charge in [0.05, 0.1) is 5.41 Å². The molecule has 7 rings (SSSR count). The fourth-order valence-electron chi connectivity index (χ4n) is 7.11. The number of benzene rings is 7. The molecular weight excluding hydrogens is 587 g/mol. The highest BCUT2D eigenvalue weighted by molar-refractivity contribution is 5.96. The van der Waals surface area contributed by atoms with Crippen LogP contribution in [-0.2, 0) is 15.7 Å². The Morgan fingerprint density at radius 2 is 0.667 bits per heavy atom. The summed E-state index contributed by atoms with van der Waals surface area (Å²) in [5, 5.41) is 0. The first-order valence-electron chi connectivity index (χ1n) is 16.2. The molecule has 0 aliphatic rings. The van der Waals surface area contributed by atoms with Crippen LogP contribution in [-0.4, -0.2) is 5.97 Å². The van der Waals surface area contributed by atoms with Gasteiger partial charge >= 0.3 is 5.97 Å². The molecule has 0 aliphatic heterocycles. The van der Waals surface area contributed by atoms with Crippen LogP contribution in [0, 0.1) is 0 Å². The van der Waals surface area contributed by atoms with Crippen molar-refractivity contribution in [3.8, 4) is 5.75 Å². The van der Waals surface area contributed by atoms with Gasteiger partial charge in [0, 0.05) is 11.4 Å². The van der Waals surface area contributed by atoms with E-state index in [0.29, 0.717) is 5.75 Å². The van der Waals surface area contributed by atoms with E-state index in [1.807, 2.05) is 140 Å². The molecule has 7 aromatic rings. The quantitative estimate of drug-likeness (QED) is 0.0865. The Kier molecular flexibility index (Phi) is 8.67. The van der Waals surface area contributed by atoms with Gasteiger partial charge in [0.1, 0.15) is 5.75 Å². The summed E-state index contributed by atoms with van der Waals surface area (Å²) in [6.45, 7) is 0. The second-order valence-electron chi connectivity index (χ2n) is 11.6. The lowest BCUT2D eigenvalue weighted by Crippen LogP contribution is -2.65. The van der Waals surface area contributed by atoms with E-state index in [4.69, 9.17) is 4.74 Å². The van der Waals surface area contributed by atoms with E-state index in [1.54, 1.807) is 0 Å². The monoisotopic (exact) mass is 621 g/mol. The minimum absolute atomic E-state index is 0.427. The lowest BCUT2D eigenvalue weighted by atomic mass is 9.54. The van der Waals surface area contributed by atoms with Crippen LogP contribution < -0.4 is 9.64 Å². The highest BCUT2D eigenvalue weighted by atomic mass is 16.5. The zero-order chi connectivity index (χ0) is 32.7. The number of carbonyl (C=O) groups excluding carboxylic acids is 1. The normalized spacial score (nSPS) is 12.4. The van der Waals surface area contributed by atoms with E-state index in [2.05, 4.69) is 77.7 Å². The molecule has 0 radical (unpaired) electrons. The summed E-state index contributed by atoms with van der Waals surface area (Å²) in [4.78, 5) is 18.3. The Bertz CT molecular complexity index is 1900. The maximum absolute atomic E-state index is 16.1. The molecule has 0 N–H and O–H groups in total. The van der Waals surface area contributed by atoms with Crippen molar-refractivity contribution in [1.29, 1.82) is 0 Å². The third-order valence-electron chi connectivity index (χ3n) is 8.97. The van der Waals surface area contributed by atoms with Crippen LogP contribution in [0.5, 0.6) is 5.75 Å². The van der Waals surface area contributed by atoms with E-state index in [-0.39, 0.29) is 0 Å². The molecule has 3 heteroatoms. The van der Waals surface area contributed by atoms with Crippen LogP contribution >= 0.6 is 0 Å². The van der Waals surface area contributed by atoms with Gasteiger partial charge in [-0.05, 0) is 58.7 Å². The molecule has 0 saturated carbocycles. The van der Waals surface area contributed by atoms with Crippen molar-refractivity contribution in [2.45, 2.75) is 11.0 Å². The molecule has 48 heavy (non-hydrogen) atoms. The van der Waals surface area contributed by atoms with Gasteiger partial charge in [-0.1, -0.05) is 176 Å². The molecule has 3 nitrogen and oxygen atoms in total. The average Bonchev–Trinajstić information content (AvgIpc) is 3.17. The summed E-state index contributed by atoms with van der Waals surface area (Å²) < 4.78 is 6.65. The van der Waals surface area contributed by atoms with E-state index in [1.165, 1.54) is 0 Å². The van der Waals surface area contributed by atoms with Crippen molar-refractivity contribution in [3.05, 3.63) is 235 Å². The van der Waals surface area contributed by atoms with E-state index in [9.17, 15) is 0 Å². The molecule has 0 spiro atoms. The van der Waals surface area contributed by atoms with Crippen LogP contribution in [0.15, 0.2) is 212 Å². The Labute approximate surface area is 282 Å². The highest BCUT2D eigenvalue weighted by Gasteiger charge is 2.65. The summed E-state index contributed by atoms with van der Waals surface area (Å²) in [7, 11) is 0. The molecular formula is C45H35NO2. The first-order chi connectivity index (χ1) is 23.8. The molecule has 7 aromatic carbocycles.